The van der Waals surface area contributed by atoms with Crippen molar-refractivity contribution in [3.63, 3.8) is 0 Å². The number of aryl methyl sites for hydroxylation is 1. The molecule has 1 heterocycles. The predicted octanol–water partition coefficient (Wildman–Crippen LogP) is 1.87. The van der Waals surface area contributed by atoms with E-state index in [0.717, 1.165) is 11.1 Å². The average molecular weight is 420 g/mol. The lowest BCUT2D eigenvalue weighted by Gasteiger charge is -2.25. The summed E-state index contributed by atoms with van der Waals surface area (Å²) in [5.41, 5.74) is 2.03. The zero-order chi connectivity index (χ0) is 20.8. The van der Waals surface area contributed by atoms with Crippen LogP contribution in [0, 0.1) is 12.8 Å². The van der Waals surface area contributed by atoms with E-state index in [0.29, 0.717) is 15.6 Å². The van der Waals surface area contributed by atoms with Crippen LogP contribution in [0.4, 0.5) is 0 Å². The van der Waals surface area contributed by atoms with Crippen LogP contribution in [0.3, 0.4) is 0 Å². The highest BCUT2D eigenvalue weighted by Crippen LogP contribution is 2.32. The van der Waals surface area contributed by atoms with Gasteiger partial charge in [-0.3, -0.25) is 14.5 Å². The number of amides is 2. The molecule has 28 heavy (non-hydrogen) atoms. The maximum atomic E-state index is 12.6. The predicted molar refractivity (Wildman–Crippen MR) is 112 cm³/mol. The van der Waals surface area contributed by atoms with Crippen LogP contribution in [0.5, 0.6) is 0 Å². The normalized spacial score (nSPS) is 17.7. The first-order chi connectivity index (χ1) is 13.2. The summed E-state index contributed by atoms with van der Waals surface area (Å²) in [7, 11) is 0. The van der Waals surface area contributed by atoms with Crippen LogP contribution in [-0.4, -0.2) is 39.6 Å². The van der Waals surface area contributed by atoms with Crippen LogP contribution in [0.2, 0.25) is 0 Å². The molecule has 1 N–H and O–H groups in total. The molecule has 1 aromatic carbocycles. The van der Waals surface area contributed by atoms with Crippen molar-refractivity contribution in [1.29, 1.82) is 0 Å². The van der Waals surface area contributed by atoms with E-state index in [9.17, 15) is 19.5 Å². The van der Waals surface area contributed by atoms with Crippen molar-refractivity contribution in [1.82, 2.24) is 10.2 Å². The molecular weight excluding hydrogens is 396 g/mol. The van der Waals surface area contributed by atoms with Gasteiger partial charge in [0, 0.05) is 13.0 Å². The second-order valence-corrected chi connectivity index (χ2v) is 8.42. The first kappa shape index (κ1) is 22.1. The minimum absolute atomic E-state index is 0.0372. The Kier molecular flexibility index (Phi) is 7.77. The molecule has 1 fully saturated rings. The van der Waals surface area contributed by atoms with Crippen molar-refractivity contribution >= 4 is 52.2 Å². The van der Waals surface area contributed by atoms with Crippen LogP contribution < -0.4 is 10.4 Å². The van der Waals surface area contributed by atoms with Gasteiger partial charge in [0.2, 0.25) is 5.91 Å². The van der Waals surface area contributed by atoms with E-state index in [1.54, 1.807) is 13.0 Å². The first-order valence-electron chi connectivity index (χ1n) is 9.05. The second-order valence-electron chi connectivity index (χ2n) is 6.74. The lowest BCUT2D eigenvalue weighted by molar-refractivity contribution is -0.309. The summed E-state index contributed by atoms with van der Waals surface area (Å²) in [4.78, 5) is 37.8. The van der Waals surface area contributed by atoms with Gasteiger partial charge in [0.1, 0.15) is 4.32 Å². The van der Waals surface area contributed by atoms with Gasteiger partial charge < -0.3 is 15.2 Å². The van der Waals surface area contributed by atoms with Gasteiger partial charge in [0.15, 0.2) is 0 Å². The molecule has 150 valence electrons. The molecule has 0 bridgehead atoms. The van der Waals surface area contributed by atoms with Crippen molar-refractivity contribution in [3.05, 3.63) is 40.3 Å². The Hall–Kier alpha value is -2.19. The van der Waals surface area contributed by atoms with Gasteiger partial charge in [-0.2, -0.15) is 0 Å². The molecule has 0 aromatic heterocycles. The van der Waals surface area contributed by atoms with E-state index >= 15 is 0 Å². The molecular formula is C20H23N2O4S2-. The fourth-order valence-electron chi connectivity index (χ4n) is 2.63. The minimum atomic E-state index is -1.31. The number of carbonyl (C=O) groups excluding carboxylic acids is 3. The third-order valence-electron chi connectivity index (χ3n) is 4.59. The maximum Gasteiger partial charge on any atom is 0.266 e. The van der Waals surface area contributed by atoms with Gasteiger partial charge in [0.05, 0.1) is 16.9 Å². The molecule has 8 heteroatoms. The lowest BCUT2D eigenvalue weighted by Crippen LogP contribution is -2.51. The standard InChI is InChI=1S/C20H24N2O4S2/c1-4-13(3)17(19(25)26)21-16(23)9-10-22-18(24)15(28-20(22)27)11-14-7-5-12(2)6-8-14/h5-8,11,13,17H,4,9-10H2,1-3H3,(H,21,23)(H,25,26)/p-1/b15-11+/t13-,17-/m1/s1. The largest absolute Gasteiger partial charge is 0.548 e. The molecule has 0 radical (unpaired) electrons. The fraction of sp³-hybridized carbons (Fsp3) is 0.400. The number of nitrogens with one attached hydrogen (secondary N) is 1. The molecule has 0 saturated carbocycles. The number of hydrogen-bond donors (Lipinski definition) is 1. The molecule has 2 atom stereocenters. The Labute approximate surface area is 174 Å². The van der Waals surface area contributed by atoms with Crippen LogP contribution in [0.15, 0.2) is 29.2 Å². The maximum absolute atomic E-state index is 12.6. The summed E-state index contributed by atoms with van der Waals surface area (Å²) in [5.74, 6) is -2.26. The highest BCUT2D eigenvalue weighted by Gasteiger charge is 2.32. The van der Waals surface area contributed by atoms with Crippen LogP contribution in [0.1, 0.15) is 37.8 Å². The smallest absolute Gasteiger partial charge is 0.266 e. The monoisotopic (exact) mass is 419 g/mol. The van der Waals surface area contributed by atoms with E-state index in [1.807, 2.05) is 38.1 Å². The number of hydrogen-bond acceptors (Lipinski definition) is 6. The molecule has 0 spiro atoms. The minimum Gasteiger partial charge on any atom is -0.548 e. The summed E-state index contributed by atoms with van der Waals surface area (Å²) in [6, 6.07) is 6.71. The fourth-order valence-corrected chi connectivity index (χ4v) is 3.94. The summed E-state index contributed by atoms with van der Waals surface area (Å²) in [6.45, 7) is 5.66. The average Bonchev–Trinajstić information content (AvgIpc) is 2.92. The van der Waals surface area contributed by atoms with E-state index in [-0.39, 0.29) is 24.8 Å². The Morgan fingerprint density at radius 1 is 1.32 bits per heavy atom. The zero-order valence-electron chi connectivity index (χ0n) is 16.1. The molecule has 1 saturated heterocycles. The van der Waals surface area contributed by atoms with E-state index in [1.165, 1.54) is 16.7 Å². The van der Waals surface area contributed by atoms with Crippen molar-refractivity contribution in [3.8, 4) is 0 Å². The molecule has 0 aliphatic carbocycles. The van der Waals surface area contributed by atoms with Gasteiger partial charge in [0.25, 0.3) is 5.91 Å². The van der Waals surface area contributed by atoms with E-state index in [4.69, 9.17) is 12.2 Å². The SMILES string of the molecule is CC[C@@H](C)[C@@H](NC(=O)CCN1C(=O)/C(=C\c2ccc(C)cc2)SC1=S)C(=O)[O-]. The second kappa shape index (κ2) is 9.84. The lowest BCUT2D eigenvalue weighted by atomic mass is 9.99. The molecule has 0 unspecified atom stereocenters. The van der Waals surface area contributed by atoms with Gasteiger partial charge in [-0.05, 0) is 24.5 Å². The Morgan fingerprint density at radius 2 is 1.96 bits per heavy atom. The van der Waals surface area contributed by atoms with Gasteiger partial charge >= 0.3 is 0 Å². The third-order valence-corrected chi connectivity index (χ3v) is 5.97. The number of rotatable bonds is 8. The number of carboxylic acids is 1. The van der Waals surface area contributed by atoms with Gasteiger partial charge in [-0.25, -0.2) is 0 Å². The molecule has 2 rings (SSSR count). The number of aliphatic carboxylic acids is 1. The first-order valence-corrected chi connectivity index (χ1v) is 10.3. The molecule has 1 aromatic rings. The number of benzene rings is 1. The van der Waals surface area contributed by atoms with E-state index < -0.39 is 17.9 Å². The quantitative estimate of drug-likeness (QED) is 0.511. The Balaban J connectivity index is 1.98. The van der Waals surface area contributed by atoms with Crippen LogP contribution >= 0.6 is 24.0 Å². The topological polar surface area (TPSA) is 89.5 Å². The van der Waals surface area contributed by atoms with Gasteiger partial charge in [-0.1, -0.05) is 74.1 Å². The van der Waals surface area contributed by atoms with Crippen LogP contribution in [-0.2, 0) is 14.4 Å². The zero-order valence-corrected chi connectivity index (χ0v) is 17.7. The highest BCUT2D eigenvalue weighted by molar-refractivity contribution is 8.26. The van der Waals surface area contributed by atoms with Crippen molar-refractivity contribution in [2.45, 2.75) is 39.7 Å². The number of nitrogens with zero attached hydrogens (tertiary/aromatic N) is 1. The Morgan fingerprint density at radius 3 is 2.54 bits per heavy atom. The molecule has 2 amide bonds. The number of thiocarbonyl (C=S) groups is 1. The van der Waals surface area contributed by atoms with Gasteiger partial charge in [-0.15, -0.1) is 0 Å². The summed E-state index contributed by atoms with van der Waals surface area (Å²) >= 11 is 6.46. The van der Waals surface area contributed by atoms with Crippen molar-refractivity contribution in [2.75, 3.05) is 6.54 Å². The third kappa shape index (κ3) is 5.65. The van der Waals surface area contributed by atoms with Crippen molar-refractivity contribution in [2.24, 2.45) is 5.92 Å². The highest BCUT2D eigenvalue weighted by atomic mass is 32.2. The van der Waals surface area contributed by atoms with Crippen LogP contribution in [0.25, 0.3) is 6.08 Å². The molecule has 1 aliphatic heterocycles. The molecule has 6 nitrogen and oxygen atoms in total. The molecule has 1 aliphatic rings. The summed E-state index contributed by atoms with van der Waals surface area (Å²) < 4.78 is 0.384. The summed E-state index contributed by atoms with van der Waals surface area (Å²) in [6.07, 6.45) is 2.33. The van der Waals surface area contributed by atoms with E-state index in [2.05, 4.69) is 5.32 Å². The number of carbonyl (C=O) groups is 3. The number of thioether (sulfide) groups is 1. The summed E-state index contributed by atoms with van der Waals surface area (Å²) in [5, 5.41) is 13.7. The van der Waals surface area contributed by atoms with Crippen molar-refractivity contribution < 1.29 is 19.5 Å². The number of carboxylic acid groups (broad SMARTS) is 1. The Bertz CT molecular complexity index is 805.